The number of hydrogen-bond donors (Lipinski definition) is 2. The summed E-state index contributed by atoms with van der Waals surface area (Å²) in [7, 11) is 5.79. The van der Waals surface area contributed by atoms with Crippen LogP contribution >= 0.6 is 24.8 Å². The molecule has 1 aromatic rings. The summed E-state index contributed by atoms with van der Waals surface area (Å²) >= 11 is 0. The highest BCUT2D eigenvalue weighted by atomic mass is 35.5. The molecule has 0 aliphatic carbocycles. The Morgan fingerprint density at radius 3 is 2.44 bits per heavy atom. The van der Waals surface area contributed by atoms with Gasteiger partial charge in [0.15, 0.2) is 0 Å². The van der Waals surface area contributed by atoms with Crippen LogP contribution in [0, 0.1) is 5.92 Å². The fraction of sp³-hybridized carbons (Fsp3) is 0.579. The number of amides is 2. The average Bonchev–Trinajstić information content (AvgIpc) is 2.61. The minimum atomic E-state index is -0.110. The lowest BCUT2D eigenvalue weighted by Crippen LogP contribution is -2.47. The maximum absolute atomic E-state index is 12.7. The molecule has 1 aliphatic rings. The second kappa shape index (κ2) is 12.2. The molecule has 1 aliphatic heterocycles. The van der Waals surface area contributed by atoms with Crippen LogP contribution in [0.3, 0.4) is 0 Å². The Morgan fingerprint density at radius 1 is 1.26 bits per heavy atom. The molecule has 0 aromatic heterocycles. The SMILES string of the molecule is CNCC(C)C(=O)Nc1ccc(C(=O)N(C)C2CCCN(C)C2)cc1.Cl.Cl. The molecule has 0 spiro atoms. The molecule has 1 saturated heterocycles. The van der Waals surface area contributed by atoms with Crippen molar-refractivity contribution < 1.29 is 9.59 Å². The second-order valence-electron chi connectivity index (χ2n) is 7.00. The number of carbonyl (C=O) groups is 2. The van der Waals surface area contributed by atoms with E-state index < -0.39 is 0 Å². The number of likely N-dealkylation sites (tertiary alicyclic amines) is 1. The summed E-state index contributed by atoms with van der Waals surface area (Å²) in [6.45, 7) is 4.52. The second-order valence-corrected chi connectivity index (χ2v) is 7.00. The molecule has 2 N–H and O–H groups in total. The smallest absolute Gasteiger partial charge is 0.253 e. The van der Waals surface area contributed by atoms with E-state index in [-0.39, 0.29) is 48.6 Å². The maximum Gasteiger partial charge on any atom is 0.253 e. The van der Waals surface area contributed by atoms with E-state index in [2.05, 4.69) is 22.6 Å². The Balaban J connectivity index is 0.00000338. The highest BCUT2D eigenvalue weighted by Crippen LogP contribution is 2.17. The Labute approximate surface area is 174 Å². The molecule has 2 atom stereocenters. The van der Waals surface area contributed by atoms with Crippen molar-refractivity contribution in [3.05, 3.63) is 29.8 Å². The standard InChI is InChI=1S/C19H30N4O2.2ClH/c1-14(12-20-2)18(24)21-16-9-7-15(8-10-16)19(25)23(4)17-6-5-11-22(3)13-17;;/h7-10,14,17,20H,5-6,11-13H2,1-4H3,(H,21,24);2*1H. The van der Waals surface area contributed by atoms with Crippen molar-refractivity contribution in [1.82, 2.24) is 15.1 Å². The number of benzene rings is 1. The van der Waals surface area contributed by atoms with Gasteiger partial charge in [0.1, 0.15) is 0 Å². The summed E-state index contributed by atoms with van der Waals surface area (Å²) in [5, 5.41) is 5.87. The van der Waals surface area contributed by atoms with Crippen LogP contribution in [-0.4, -0.2) is 68.4 Å². The number of halogens is 2. The monoisotopic (exact) mass is 418 g/mol. The van der Waals surface area contributed by atoms with Crippen LogP contribution in [0.2, 0.25) is 0 Å². The normalized spacial score (nSPS) is 17.9. The fourth-order valence-electron chi connectivity index (χ4n) is 3.19. The van der Waals surface area contributed by atoms with Gasteiger partial charge in [-0.15, -0.1) is 24.8 Å². The van der Waals surface area contributed by atoms with Gasteiger partial charge in [-0.2, -0.15) is 0 Å². The van der Waals surface area contributed by atoms with Crippen LogP contribution in [-0.2, 0) is 4.79 Å². The molecule has 1 fully saturated rings. The van der Waals surface area contributed by atoms with Crippen molar-refractivity contribution in [2.45, 2.75) is 25.8 Å². The lowest BCUT2D eigenvalue weighted by atomic mass is 10.0. The first-order valence-corrected chi connectivity index (χ1v) is 8.93. The number of likely N-dealkylation sites (N-methyl/N-ethyl adjacent to an activating group) is 2. The first-order valence-electron chi connectivity index (χ1n) is 8.93. The van der Waals surface area contributed by atoms with Crippen LogP contribution in [0.15, 0.2) is 24.3 Å². The van der Waals surface area contributed by atoms with Gasteiger partial charge in [0.2, 0.25) is 5.91 Å². The predicted octanol–water partition coefficient (Wildman–Crippen LogP) is 2.49. The zero-order valence-electron chi connectivity index (χ0n) is 16.5. The largest absolute Gasteiger partial charge is 0.337 e. The molecule has 0 bridgehead atoms. The molecule has 27 heavy (non-hydrogen) atoms. The summed E-state index contributed by atoms with van der Waals surface area (Å²) in [6, 6.07) is 7.40. The quantitative estimate of drug-likeness (QED) is 0.744. The summed E-state index contributed by atoms with van der Waals surface area (Å²) < 4.78 is 0. The molecular formula is C19H32Cl2N4O2. The van der Waals surface area contributed by atoms with Crippen molar-refractivity contribution >= 4 is 42.3 Å². The molecule has 1 heterocycles. The van der Waals surface area contributed by atoms with E-state index in [4.69, 9.17) is 0 Å². The van der Waals surface area contributed by atoms with Gasteiger partial charge in [-0.25, -0.2) is 0 Å². The molecule has 2 rings (SSSR count). The van der Waals surface area contributed by atoms with Crippen molar-refractivity contribution in [2.24, 2.45) is 5.92 Å². The van der Waals surface area contributed by atoms with E-state index in [1.807, 2.05) is 25.9 Å². The van der Waals surface area contributed by atoms with Gasteiger partial charge >= 0.3 is 0 Å². The molecule has 8 heteroatoms. The van der Waals surface area contributed by atoms with Crippen LogP contribution in [0.4, 0.5) is 5.69 Å². The number of rotatable bonds is 6. The zero-order chi connectivity index (χ0) is 18.4. The van der Waals surface area contributed by atoms with Crippen molar-refractivity contribution in [2.75, 3.05) is 46.1 Å². The van der Waals surface area contributed by atoms with Crippen molar-refractivity contribution in [3.63, 3.8) is 0 Å². The third-order valence-electron chi connectivity index (χ3n) is 4.82. The minimum Gasteiger partial charge on any atom is -0.337 e. The van der Waals surface area contributed by atoms with E-state index in [0.717, 1.165) is 25.9 Å². The molecule has 154 valence electrons. The van der Waals surface area contributed by atoms with Crippen molar-refractivity contribution in [3.8, 4) is 0 Å². The summed E-state index contributed by atoms with van der Waals surface area (Å²) in [6.07, 6.45) is 2.17. The lowest BCUT2D eigenvalue weighted by Gasteiger charge is -2.35. The summed E-state index contributed by atoms with van der Waals surface area (Å²) in [5.41, 5.74) is 1.36. The Morgan fingerprint density at radius 2 is 1.89 bits per heavy atom. The highest BCUT2D eigenvalue weighted by molar-refractivity contribution is 5.96. The number of nitrogens with one attached hydrogen (secondary N) is 2. The third-order valence-corrected chi connectivity index (χ3v) is 4.82. The number of anilines is 1. The highest BCUT2D eigenvalue weighted by Gasteiger charge is 2.25. The first-order chi connectivity index (χ1) is 11.9. The molecule has 2 unspecified atom stereocenters. The third kappa shape index (κ3) is 7.30. The minimum absolute atomic E-state index is 0. The van der Waals surface area contributed by atoms with E-state index in [0.29, 0.717) is 17.8 Å². The molecule has 0 saturated carbocycles. The maximum atomic E-state index is 12.7. The molecule has 6 nitrogen and oxygen atoms in total. The molecular weight excluding hydrogens is 387 g/mol. The van der Waals surface area contributed by atoms with Gasteiger partial charge < -0.3 is 20.4 Å². The number of hydrogen-bond acceptors (Lipinski definition) is 4. The lowest BCUT2D eigenvalue weighted by molar-refractivity contribution is -0.119. The topological polar surface area (TPSA) is 64.7 Å². The fourth-order valence-corrected chi connectivity index (χ4v) is 3.19. The Hall–Kier alpha value is -1.34. The van der Waals surface area contributed by atoms with Crippen LogP contribution in [0.1, 0.15) is 30.1 Å². The number of nitrogens with zero attached hydrogens (tertiary/aromatic N) is 2. The predicted molar refractivity (Wildman–Crippen MR) is 115 cm³/mol. The average molecular weight is 419 g/mol. The van der Waals surface area contributed by atoms with Gasteiger partial charge in [0.25, 0.3) is 5.91 Å². The number of piperidine rings is 1. The Bertz CT molecular complexity index is 598. The van der Waals surface area contributed by atoms with Gasteiger partial charge in [-0.3, -0.25) is 9.59 Å². The first kappa shape index (κ1) is 25.7. The van der Waals surface area contributed by atoms with E-state index in [1.54, 1.807) is 24.3 Å². The summed E-state index contributed by atoms with van der Waals surface area (Å²) in [5.74, 6) is -0.113. The van der Waals surface area contributed by atoms with Gasteiger partial charge in [0, 0.05) is 43.3 Å². The van der Waals surface area contributed by atoms with E-state index in [9.17, 15) is 9.59 Å². The summed E-state index contributed by atoms with van der Waals surface area (Å²) in [4.78, 5) is 28.8. The van der Waals surface area contributed by atoms with E-state index in [1.165, 1.54) is 0 Å². The number of carbonyl (C=O) groups excluding carboxylic acids is 2. The van der Waals surface area contributed by atoms with Gasteiger partial charge in [-0.1, -0.05) is 6.92 Å². The van der Waals surface area contributed by atoms with Gasteiger partial charge in [0.05, 0.1) is 0 Å². The zero-order valence-corrected chi connectivity index (χ0v) is 18.2. The van der Waals surface area contributed by atoms with Crippen LogP contribution in [0.5, 0.6) is 0 Å². The Kier molecular flexibility index (Phi) is 11.6. The van der Waals surface area contributed by atoms with Gasteiger partial charge in [-0.05, 0) is 57.7 Å². The molecule has 1 aromatic carbocycles. The van der Waals surface area contributed by atoms with E-state index >= 15 is 0 Å². The van der Waals surface area contributed by atoms with Crippen LogP contribution < -0.4 is 10.6 Å². The van der Waals surface area contributed by atoms with Crippen LogP contribution in [0.25, 0.3) is 0 Å². The molecule has 0 radical (unpaired) electrons. The molecule has 2 amide bonds. The van der Waals surface area contributed by atoms with Crippen molar-refractivity contribution in [1.29, 1.82) is 0 Å².